The van der Waals surface area contributed by atoms with Crippen LogP contribution in [0.25, 0.3) is 6.08 Å². The molecule has 0 bridgehead atoms. The topological polar surface area (TPSA) is 29.5 Å². The van der Waals surface area contributed by atoms with Crippen LogP contribution in [0.1, 0.15) is 18.4 Å². The molecule has 0 radical (unpaired) electrons. The number of aliphatic hydroxyl groups excluding tert-OH is 1. The highest BCUT2D eigenvalue weighted by molar-refractivity contribution is 5.49. The first-order valence-electron chi connectivity index (χ1n) is 5.97. The minimum absolute atomic E-state index is 0.0260. The van der Waals surface area contributed by atoms with Gasteiger partial charge < -0.3 is 9.84 Å². The van der Waals surface area contributed by atoms with E-state index in [1.165, 1.54) is 0 Å². The molecule has 1 saturated heterocycles. The average Bonchev–Trinajstić information content (AvgIpc) is 2.37. The van der Waals surface area contributed by atoms with Crippen LogP contribution in [0.15, 0.2) is 49.1 Å². The fourth-order valence-electron chi connectivity index (χ4n) is 2.03. The lowest BCUT2D eigenvalue weighted by Crippen LogP contribution is -2.33. The van der Waals surface area contributed by atoms with Crippen molar-refractivity contribution >= 4 is 6.08 Å². The molecule has 0 unspecified atom stereocenters. The Bertz CT molecular complexity index is 383. The van der Waals surface area contributed by atoms with Gasteiger partial charge in [-0.15, -0.1) is 6.58 Å². The average molecular weight is 230 g/mol. The lowest BCUT2D eigenvalue weighted by Gasteiger charge is -2.29. The number of hydrogen-bond donors (Lipinski definition) is 1. The van der Waals surface area contributed by atoms with Crippen molar-refractivity contribution in [3.63, 3.8) is 0 Å². The highest BCUT2D eigenvalue weighted by Gasteiger charge is 2.24. The molecule has 2 nitrogen and oxygen atoms in total. The normalized spacial score (nSPS) is 29.4. The fraction of sp³-hybridized carbons (Fsp3) is 0.333. The Morgan fingerprint density at radius 3 is 2.59 bits per heavy atom. The zero-order valence-corrected chi connectivity index (χ0v) is 9.83. The lowest BCUT2D eigenvalue weighted by atomic mass is 10.00. The van der Waals surface area contributed by atoms with Gasteiger partial charge in [0.2, 0.25) is 0 Å². The minimum atomic E-state index is -0.294. The van der Waals surface area contributed by atoms with Crippen molar-refractivity contribution in [1.29, 1.82) is 0 Å². The maximum absolute atomic E-state index is 9.72. The van der Waals surface area contributed by atoms with Crippen molar-refractivity contribution in [2.24, 2.45) is 0 Å². The van der Waals surface area contributed by atoms with Gasteiger partial charge in [0.25, 0.3) is 0 Å². The third-order valence-corrected chi connectivity index (χ3v) is 2.92. The molecular formula is C15H18O2. The van der Waals surface area contributed by atoms with Crippen molar-refractivity contribution in [2.45, 2.75) is 31.2 Å². The van der Waals surface area contributed by atoms with Gasteiger partial charge in [-0.2, -0.15) is 0 Å². The van der Waals surface area contributed by atoms with Crippen LogP contribution in [0.2, 0.25) is 0 Å². The molecule has 0 aliphatic carbocycles. The first-order chi connectivity index (χ1) is 8.28. The summed E-state index contributed by atoms with van der Waals surface area (Å²) in [7, 11) is 0. The molecule has 2 rings (SSSR count). The van der Waals surface area contributed by atoms with Gasteiger partial charge in [0.15, 0.2) is 0 Å². The molecule has 1 aliphatic heterocycles. The lowest BCUT2D eigenvalue weighted by molar-refractivity contribution is -0.0545. The third-order valence-electron chi connectivity index (χ3n) is 2.92. The molecule has 0 spiro atoms. The standard InChI is InChI=1S/C15H18O2/c1-2-14-10-13(16)11-15(17-14)9-8-12-6-4-3-5-7-12/h2-9,13-16H,1,10-11H2/b9-8-/t13-,14+,15-/m0/s1. The van der Waals surface area contributed by atoms with E-state index in [1.807, 2.05) is 42.5 Å². The maximum Gasteiger partial charge on any atom is 0.0791 e. The molecule has 1 aromatic rings. The Balaban J connectivity index is 1.98. The van der Waals surface area contributed by atoms with E-state index in [0.29, 0.717) is 12.8 Å². The zero-order chi connectivity index (χ0) is 12.1. The van der Waals surface area contributed by atoms with Gasteiger partial charge in [-0.1, -0.05) is 48.6 Å². The predicted molar refractivity (Wildman–Crippen MR) is 69.6 cm³/mol. The van der Waals surface area contributed by atoms with Gasteiger partial charge in [-0.25, -0.2) is 0 Å². The van der Waals surface area contributed by atoms with Crippen LogP contribution < -0.4 is 0 Å². The van der Waals surface area contributed by atoms with Crippen molar-refractivity contribution in [2.75, 3.05) is 0 Å². The van der Waals surface area contributed by atoms with Gasteiger partial charge >= 0.3 is 0 Å². The quantitative estimate of drug-likeness (QED) is 0.809. The highest BCUT2D eigenvalue weighted by Crippen LogP contribution is 2.21. The van der Waals surface area contributed by atoms with Crippen LogP contribution >= 0.6 is 0 Å². The maximum atomic E-state index is 9.72. The van der Waals surface area contributed by atoms with Crippen molar-refractivity contribution in [3.05, 3.63) is 54.6 Å². The molecule has 2 heteroatoms. The van der Waals surface area contributed by atoms with E-state index >= 15 is 0 Å². The second kappa shape index (κ2) is 5.80. The number of hydrogen-bond acceptors (Lipinski definition) is 2. The van der Waals surface area contributed by atoms with E-state index in [4.69, 9.17) is 4.74 Å². The molecule has 1 fully saturated rings. The molecule has 1 N–H and O–H groups in total. The second-order valence-electron chi connectivity index (χ2n) is 4.34. The fourth-order valence-corrected chi connectivity index (χ4v) is 2.03. The molecular weight excluding hydrogens is 212 g/mol. The van der Waals surface area contributed by atoms with E-state index in [0.717, 1.165) is 5.56 Å². The minimum Gasteiger partial charge on any atom is -0.393 e. The van der Waals surface area contributed by atoms with Gasteiger partial charge in [-0.05, 0) is 5.56 Å². The molecule has 90 valence electrons. The van der Waals surface area contributed by atoms with Crippen molar-refractivity contribution < 1.29 is 9.84 Å². The first-order valence-corrected chi connectivity index (χ1v) is 5.97. The van der Waals surface area contributed by atoms with Crippen LogP contribution in [0.4, 0.5) is 0 Å². The predicted octanol–water partition coefficient (Wildman–Crippen LogP) is 2.79. The van der Waals surface area contributed by atoms with Gasteiger partial charge in [0.05, 0.1) is 18.3 Å². The summed E-state index contributed by atoms with van der Waals surface area (Å²) >= 11 is 0. The summed E-state index contributed by atoms with van der Waals surface area (Å²) in [6.07, 6.45) is 6.75. The largest absolute Gasteiger partial charge is 0.393 e. The Morgan fingerprint density at radius 1 is 1.18 bits per heavy atom. The van der Waals surface area contributed by atoms with Crippen molar-refractivity contribution in [1.82, 2.24) is 0 Å². The van der Waals surface area contributed by atoms with E-state index < -0.39 is 0 Å². The molecule has 1 aromatic carbocycles. The Morgan fingerprint density at radius 2 is 1.88 bits per heavy atom. The molecule has 0 aromatic heterocycles. The Kier molecular flexibility index (Phi) is 4.13. The molecule has 1 heterocycles. The Labute approximate surface area is 102 Å². The summed E-state index contributed by atoms with van der Waals surface area (Å²) in [6, 6.07) is 10.1. The summed E-state index contributed by atoms with van der Waals surface area (Å²) in [5.74, 6) is 0. The number of aliphatic hydroxyl groups is 1. The van der Waals surface area contributed by atoms with Crippen LogP contribution in [0.5, 0.6) is 0 Å². The molecule has 1 aliphatic rings. The van der Waals surface area contributed by atoms with Crippen LogP contribution in [-0.4, -0.2) is 23.4 Å². The summed E-state index contributed by atoms with van der Waals surface area (Å²) in [6.45, 7) is 3.71. The number of ether oxygens (including phenoxy) is 1. The van der Waals surface area contributed by atoms with Gasteiger partial charge in [0, 0.05) is 12.8 Å². The summed E-state index contributed by atoms with van der Waals surface area (Å²) in [5.41, 5.74) is 1.14. The van der Waals surface area contributed by atoms with Crippen LogP contribution in [0.3, 0.4) is 0 Å². The first kappa shape index (κ1) is 12.1. The Hall–Kier alpha value is -1.38. The highest BCUT2D eigenvalue weighted by atomic mass is 16.5. The molecule has 0 saturated carbocycles. The van der Waals surface area contributed by atoms with E-state index in [-0.39, 0.29) is 18.3 Å². The van der Waals surface area contributed by atoms with Crippen LogP contribution in [0, 0.1) is 0 Å². The summed E-state index contributed by atoms with van der Waals surface area (Å²) < 4.78 is 5.76. The SMILES string of the molecule is C=C[C@@H]1C[C@H](O)C[C@H](/C=C\c2ccccc2)O1. The monoisotopic (exact) mass is 230 g/mol. The number of benzene rings is 1. The van der Waals surface area contributed by atoms with Gasteiger partial charge in [0.1, 0.15) is 0 Å². The van der Waals surface area contributed by atoms with E-state index in [1.54, 1.807) is 6.08 Å². The zero-order valence-electron chi connectivity index (χ0n) is 9.83. The van der Waals surface area contributed by atoms with E-state index in [2.05, 4.69) is 6.58 Å². The smallest absolute Gasteiger partial charge is 0.0791 e. The van der Waals surface area contributed by atoms with Crippen molar-refractivity contribution in [3.8, 4) is 0 Å². The molecule has 0 amide bonds. The number of rotatable bonds is 3. The second-order valence-corrected chi connectivity index (χ2v) is 4.34. The van der Waals surface area contributed by atoms with Gasteiger partial charge in [-0.3, -0.25) is 0 Å². The summed E-state index contributed by atoms with van der Waals surface area (Å²) in [4.78, 5) is 0. The van der Waals surface area contributed by atoms with E-state index in [9.17, 15) is 5.11 Å². The molecule has 17 heavy (non-hydrogen) atoms. The third kappa shape index (κ3) is 3.55. The van der Waals surface area contributed by atoms with Crippen LogP contribution in [-0.2, 0) is 4.74 Å². The molecule has 3 atom stereocenters. The summed E-state index contributed by atoms with van der Waals surface area (Å²) in [5, 5.41) is 9.72.